The normalized spacial score (nSPS) is 11.0. The Balaban J connectivity index is 2.38. The fourth-order valence-corrected chi connectivity index (χ4v) is 2.20. The highest BCUT2D eigenvalue weighted by molar-refractivity contribution is 7.19. The van der Waals surface area contributed by atoms with Crippen molar-refractivity contribution in [2.24, 2.45) is 0 Å². The van der Waals surface area contributed by atoms with Crippen molar-refractivity contribution in [2.45, 2.75) is 0 Å². The highest BCUT2D eigenvalue weighted by Crippen LogP contribution is 2.23. The van der Waals surface area contributed by atoms with Crippen LogP contribution >= 0.6 is 11.3 Å². The lowest BCUT2D eigenvalue weighted by Gasteiger charge is -1.93. The summed E-state index contributed by atoms with van der Waals surface area (Å²) in [7, 11) is 0. The number of nitrogens with zero attached hydrogens (tertiary/aromatic N) is 3. The molecule has 16 heavy (non-hydrogen) atoms. The maximum Gasteiger partial charge on any atom is 0.365 e. The van der Waals surface area contributed by atoms with Gasteiger partial charge >= 0.3 is 5.97 Å². The Hall–Kier alpha value is -2.08. The smallest absolute Gasteiger partial charge is 0.365 e. The Labute approximate surface area is 93.4 Å². The van der Waals surface area contributed by atoms with E-state index in [0.29, 0.717) is 16.0 Å². The first-order valence-corrected chi connectivity index (χ1v) is 5.31. The van der Waals surface area contributed by atoms with E-state index >= 15 is 0 Å². The summed E-state index contributed by atoms with van der Waals surface area (Å²) in [6.07, 6.45) is 1.65. The fourth-order valence-electron chi connectivity index (χ4n) is 1.45. The number of aromatic carboxylic acids is 1. The van der Waals surface area contributed by atoms with Gasteiger partial charge in [-0.15, -0.1) is 0 Å². The van der Waals surface area contributed by atoms with Crippen molar-refractivity contribution >= 4 is 38.7 Å². The summed E-state index contributed by atoms with van der Waals surface area (Å²) < 4.78 is 0. The molecule has 5 nitrogen and oxygen atoms in total. The lowest BCUT2D eigenvalue weighted by molar-refractivity contribution is 0.0696. The van der Waals surface area contributed by atoms with E-state index in [-0.39, 0.29) is 5.01 Å². The lowest BCUT2D eigenvalue weighted by atomic mass is 10.3. The van der Waals surface area contributed by atoms with Crippen LogP contribution in [0.25, 0.3) is 21.4 Å². The van der Waals surface area contributed by atoms with Crippen molar-refractivity contribution in [3.63, 3.8) is 0 Å². The van der Waals surface area contributed by atoms with E-state index in [2.05, 4.69) is 15.0 Å². The molecule has 0 atom stereocenters. The Morgan fingerprint density at radius 3 is 3.06 bits per heavy atom. The number of rotatable bonds is 1. The van der Waals surface area contributed by atoms with Crippen LogP contribution < -0.4 is 0 Å². The van der Waals surface area contributed by atoms with Crippen LogP contribution in [0.1, 0.15) is 9.80 Å². The Morgan fingerprint density at radius 1 is 1.38 bits per heavy atom. The third-order valence-electron chi connectivity index (χ3n) is 2.13. The molecule has 3 aromatic rings. The molecule has 0 aliphatic rings. The van der Waals surface area contributed by atoms with Gasteiger partial charge < -0.3 is 5.11 Å². The van der Waals surface area contributed by atoms with E-state index in [1.54, 1.807) is 18.3 Å². The van der Waals surface area contributed by atoms with Gasteiger partial charge in [-0.3, -0.25) is 0 Å². The average Bonchev–Trinajstić information content (AvgIpc) is 2.68. The number of fused-ring (bicyclic) bond motifs is 2. The number of carbonyl (C=O) groups is 1. The maximum absolute atomic E-state index is 10.8. The number of carboxylic acids is 1. The number of thiazole rings is 1. The molecule has 3 heterocycles. The molecule has 3 aromatic heterocycles. The van der Waals surface area contributed by atoms with Gasteiger partial charge in [0.15, 0.2) is 5.65 Å². The summed E-state index contributed by atoms with van der Waals surface area (Å²) in [6.45, 7) is 0. The molecule has 1 N–H and O–H groups in total. The first-order chi connectivity index (χ1) is 7.74. The second-order valence-corrected chi connectivity index (χ2v) is 4.16. The molecule has 0 bridgehead atoms. The number of hydrogen-bond donors (Lipinski definition) is 1. The van der Waals surface area contributed by atoms with E-state index in [1.165, 1.54) is 0 Å². The van der Waals surface area contributed by atoms with E-state index in [9.17, 15) is 4.79 Å². The largest absolute Gasteiger partial charge is 0.476 e. The summed E-state index contributed by atoms with van der Waals surface area (Å²) in [4.78, 5) is 23.7. The van der Waals surface area contributed by atoms with Crippen molar-refractivity contribution in [1.82, 2.24) is 15.0 Å². The Kier molecular flexibility index (Phi) is 1.84. The van der Waals surface area contributed by atoms with E-state index in [0.717, 1.165) is 16.7 Å². The molecule has 0 saturated heterocycles. The molecule has 78 valence electrons. The van der Waals surface area contributed by atoms with Gasteiger partial charge in [-0.2, -0.15) is 0 Å². The predicted molar refractivity (Wildman–Crippen MR) is 59.7 cm³/mol. The van der Waals surface area contributed by atoms with Crippen LogP contribution in [0.4, 0.5) is 0 Å². The van der Waals surface area contributed by atoms with Crippen molar-refractivity contribution in [2.75, 3.05) is 0 Å². The molecule has 0 radical (unpaired) electrons. The lowest BCUT2D eigenvalue weighted by Crippen LogP contribution is -1.93. The molecule has 0 aromatic carbocycles. The van der Waals surface area contributed by atoms with Crippen LogP contribution in [-0.2, 0) is 0 Å². The Morgan fingerprint density at radius 2 is 2.25 bits per heavy atom. The van der Waals surface area contributed by atoms with Gasteiger partial charge in [-0.1, -0.05) is 11.3 Å². The van der Waals surface area contributed by atoms with Crippen molar-refractivity contribution in [3.05, 3.63) is 29.4 Å². The molecule has 0 aliphatic carbocycles. The van der Waals surface area contributed by atoms with Crippen molar-refractivity contribution < 1.29 is 9.90 Å². The SMILES string of the molecule is O=C(O)c1nc2cc3cccnc3nc2s1. The number of aromatic nitrogens is 3. The third kappa shape index (κ3) is 1.31. The monoisotopic (exact) mass is 231 g/mol. The van der Waals surface area contributed by atoms with Gasteiger partial charge in [0.2, 0.25) is 5.01 Å². The fraction of sp³-hybridized carbons (Fsp3) is 0. The minimum absolute atomic E-state index is 0.0535. The molecule has 6 heteroatoms. The quantitative estimate of drug-likeness (QED) is 0.692. The van der Waals surface area contributed by atoms with Crippen LogP contribution in [-0.4, -0.2) is 26.0 Å². The zero-order chi connectivity index (χ0) is 11.1. The minimum atomic E-state index is -1.03. The van der Waals surface area contributed by atoms with Crippen molar-refractivity contribution in [3.8, 4) is 0 Å². The minimum Gasteiger partial charge on any atom is -0.476 e. The molecule has 0 saturated carbocycles. The standard InChI is InChI=1S/C10H5N3O2S/c14-10(15)9-12-6-4-5-2-1-3-11-7(5)13-8(6)16-9/h1-4H,(H,14,15). The molecule has 0 spiro atoms. The zero-order valence-corrected chi connectivity index (χ0v) is 8.73. The van der Waals surface area contributed by atoms with Gasteiger partial charge in [0.05, 0.1) is 0 Å². The van der Waals surface area contributed by atoms with Crippen LogP contribution in [0.5, 0.6) is 0 Å². The molecular weight excluding hydrogens is 226 g/mol. The number of pyridine rings is 2. The van der Waals surface area contributed by atoms with Gasteiger partial charge in [0.25, 0.3) is 0 Å². The van der Waals surface area contributed by atoms with Crippen LogP contribution in [0.15, 0.2) is 24.4 Å². The molecule has 0 unspecified atom stereocenters. The highest BCUT2D eigenvalue weighted by Gasteiger charge is 2.12. The molecule has 0 fully saturated rings. The maximum atomic E-state index is 10.8. The number of carboxylic acid groups (broad SMARTS) is 1. The van der Waals surface area contributed by atoms with E-state index in [1.807, 2.05) is 6.07 Å². The predicted octanol–water partition coefficient (Wildman–Crippen LogP) is 1.94. The molecule has 0 aliphatic heterocycles. The van der Waals surface area contributed by atoms with E-state index in [4.69, 9.17) is 5.11 Å². The second kappa shape index (κ2) is 3.21. The first-order valence-electron chi connectivity index (χ1n) is 4.49. The third-order valence-corrected chi connectivity index (χ3v) is 3.09. The van der Waals surface area contributed by atoms with Gasteiger partial charge in [-0.25, -0.2) is 19.7 Å². The van der Waals surface area contributed by atoms with Crippen LogP contribution in [0, 0.1) is 0 Å². The second-order valence-electron chi connectivity index (χ2n) is 3.19. The first kappa shape index (κ1) is 9.17. The summed E-state index contributed by atoms with van der Waals surface area (Å²) in [6, 6.07) is 5.47. The average molecular weight is 231 g/mol. The summed E-state index contributed by atoms with van der Waals surface area (Å²) in [5.74, 6) is -1.03. The Bertz CT molecular complexity index is 655. The molecular formula is C10H5N3O2S. The zero-order valence-electron chi connectivity index (χ0n) is 7.91. The van der Waals surface area contributed by atoms with Gasteiger partial charge in [-0.05, 0) is 18.2 Å². The van der Waals surface area contributed by atoms with Crippen molar-refractivity contribution in [1.29, 1.82) is 0 Å². The van der Waals surface area contributed by atoms with Gasteiger partial charge in [0.1, 0.15) is 10.3 Å². The summed E-state index contributed by atoms with van der Waals surface area (Å²) in [5, 5.41) is 9.74. The van der Waals surface area contributed by atoms with E-state index < -0.39 is 5.97 Å². The van der Waals surface area contributed by atoms with Crippen LogP contribution in [0.2, 0.25) is 0 Å². The topological polar surface area (TPSA) is 76.0 Å². The highest BCUT2D eigenvalue weighted by atomic mass is 32.1. The number of hydrogen-bond acceptors (Lipinski definition) is 5. The van der Waals surface area contributed by atoms with Crippen LogP contribution in [0.3, 0.4) is 0 Å². The summed E-state index contributed by atoms with van der Waals surface area (Å²) >= 11 is 1.06. The molecule has 3 rings (SSSR count). The molecule has 0 amide bonds. The summed E-state index contributed by atoms with van der Waals surface area (Å²) in [5.41, 5.74) is 1.21. The van der Waals surface area contributed by atoms with Gasteiger partial charge in [0, 0.05) is 11.6 Å².